The van der Waals surface area contributed by atoms with Crippen molar-refractivity contribution < 1.29 is 24.2 Å². The predicted molar refractivity (Wildman–Crippen MR) is 176 cm³/mol. The Morgan fingerprint density at radius 3 is 2.27 bits per heavy atom. The van der Waals surface area contributed by atoms with E-state index < -0.39 is 27.6 Å². The van der Waals surface area contributed by atoms with Gasteiger partial charge in [0, 0.05) is 49.8 Å². The van der Waals surface area contributed by atoms with Gasteiger partial charge in [-0.25, -0.2) is 4.79 Å². The minimum Gasteiger partial charge on any atom is -0.439 e. The number of carbonyl (C=O) groups is 3. The Balaban J connectivity index is 1.63. The van der Waals surface area contributed by atoms with Crippen LogP contribution in [-0.2, 0) is 27.3 Å². The van der Waals surface area contributed by atoms with Crippen molar-refractivity contribution in [2.24, 2.45) is 0 Å². The van der Waals surface area contributed by atoms with Crippen molar-refractivity contribution in [2.45, 2.75) is 80.5 Å². The SMILES string of the molecule is CC(=O)N1CC2CC(c3ccc(CCO)cc3)=C(C(=O)N(Cc3ccccc3Cl)C3CC3)C(C1)N2C(=O)OC(C)(C)C(Cl)(Cl)Cl. The van der Waals surface area contributed by atoms with Gasteiger partial charge in [-0.15, -0.1) is 0 Å². The maximum atomic E-state index is 14.9. The number of piperazine rings is 1. The van der Waals surface area contributed by atoms with Crippen molar-refractivity contribution >= 4 is 69.9 Å². The molecule has 0 radical (unpaired) electrons. The van der Waals surface area contributed by atoms with Crippen molar-refractivity contribution in [3.63, 3.8) is 0 Å². The van der Waals surface area contributed by atoms with Gasteiger partial charge in [0.05, 0.1) is 12.1 Å². The Hall–Kier alpha value is -2.49. The van der Waals surface area contributed by atoms with E-state index in [2.05, 4.69) is 0 Å². The molecule has 2 unspecified atom stereocenters. The molecule has 45 heavy (non-hydrogen) atoms. The summed E-state index contributed by atoms with van der Waals surface area (Å²) in [5.74, 6) is -0.377. The summed E-state index contributed by atoms with van der Waals surface area (Å²) >= 11 is 25.0. The number of amides is 3. The van der Waals surface area contributed by atoms with Crippen molar-refractivity contribution in [3.8, 4) is 0 Å². The van der Waals surface area contributed by atoms with Crippen molar-refractivity contribution in [2.75, 3.05) is 19.7 Å². The summed E-state index contributed by atoms with van der Waals surface area (Å²) in [6, 6.07) is 13.9. The van der Waals surface area contributed by atoms with Crippen LogP contribution in [0.15, 0.2) is 54.1 Å². The number of rotatable bonds is 8. The number of aliphatic hydroxyl groups excluding tert-OH is 1. The Kier molecular flexibility index (Phi) is 10.0. The van der Waals surface area contributed by atoms with Crippen LogP contribution in [0.1, 0.15) is 56.7 Å². The van der Waals surface area contributed by atoms with E-state index in [0.29, 0.717) is 30.0 Å². The van der Waals surface area contributed by atoms with Gasteiger partial charge < -0.3 is 19.6 Å². The highest BCUT2D eigenvalue weighted by molar-refractivity contribution is 6.68. The summed E-state index contributed by atoms with van der Waals surface area (Å²) in [6.07, 6.45) is 1.79. The minimum atomic E-state index is -1.91. The van der Waals surface area contributed by atoms with Gasteiger partial charge in [0.1, 0.15) is 0 Å². The predicted octanol–water partition coefficient (Wildman–Crippen LogP) is 6.41. The van der Waals surface area contributed by atoms with E-state index >= 15 is 0 Å². The summed E-state index contributed by atoms with van der Waals surface area (Å²) in [4.78, 5) is 46.6. The molecule has 2 aromatic carbocycles. The first kappa shape index (κ1) is 33.9. The number of fused-ring (bicyclic) bond motifs is 2. The molecule has 0 aromatic heterocycles. The molecule has 12 heteroatoms. The van der Waals surface area contributed by atoms with Crippen molar-refractivity contribution in [1.82, 2.24) is 14.7 Å². The number of alkyl halides is 3. The summed E-state index contributed by atoms with van der Waals surface area (Å²) in [5, 5.41) is 9.99. The van der Waals surface area contributed by atoms with Crippen LogP contribution in [0.4, 0.5) is 4.79 Å². The summed E-state index contributed by atoms with van der Waals surface area (Å²) in [6.45, 7) is 5.19. The molecule has 2 fully saturated rings. The molecule has 2 atom stereocenters. The second-order valence-electron chi connectivity index (χ2n) is 12.4. The molecule has 2 aromatic rings. The third kappa shape index (κ3) is 7.25. The Labute approximate surface area is 283 Å². The molecular formula is C33H37Cl4N3O5. The highest BCUT2D eigenvalue weighted by atomic mass is 35.6. The van der Waals surface area contributed by atoms with Gasteiger partial charge in [-0.2, -0.15) is 0 Å². The maximum Gasteiger partial charge on any atom is 0.411 e. The lowest BCUT2D eigenvalue weighted by Crippen LogP contribution is -2.66. The zero-order valence-electron chi connectivity index (χ0n) is 25.4. The first-order valence-electron chi connectivity index (χ1n) is 15.0. The molecule has 2 bridgehead atoms. The number of benzene rings is 2. The quantitative estimate of drug-likeness (QED) is 0.322. The molecule has 3 amide bonds. The monoisotopic (exact) mass is 695 g/mol. The van der Waals surface area contributed by atoms with Crippen LogP contribution >= 0.6 is 46.4 Å². The maximum absolute atomic E-state index is 14.9. The third-order valence-corrected chi connectivity index (χ3v) is 10.5. The normalized spacial score (nSPS) is 20.3. The fraction of sp³-hybridized carbons (Fsp3) is 0.485. The fourth-order valence-corrected chi connectivity index (χ4v) is 6.35. The van der Waals surface area contributed by atoms with Crippen LogP contribution in [0, 0.1) is 0 Å². The lowest BCUT2D eigenvalue weighted by atomic mass is 9.81. The number of halogens is 4. The standard InChI is InChI=1S/C33H37Cl4N3O5/c1-20(42)38-18-25-16-26(22-10-8-21(9-11-22)14-15-41)29(28(19-38)40(25)31(44)45-32(2,3)33(35,36)37)30(43)39(24-12-13-24)17-23-6-4-5-7-27(23)34/h4-11,24-25,28,41H,12-19H2,1-3H3. The molecule has 0 spiro atoms. The molecular weight excluding hydrogens is 660 g/mol. The molecule has 1 saturated heterocycles. The topological polar surface area (TPSA) is 90.4 Å². The van der Waals surface area contributed by atoms with E-state index in [0.717, 1.165) is 35.1 Å². The van der Waals surface area contributed by atoms with Crippen LogP contribution in [0.25, 0.3) is 5.57 Å². The van der Waals surface area contributed by atoms with Gasteiger partial charge >= 0.3 is 6.09 Å². The average Bonchev–Trinajstić information content (AvgIpc) is 3.81. The molecule has 1 saturated carbocycles. The average molecular weight is 697 g/mol. The van der Waals surface area contributed by atoms with E-state index in [4.69, 9.17) is 51.1 Å². The molecule has 5 rings (SSSR count). The number of aliphatic hydroxyl groups is 1. The van der Waals surface area contributed by atoms with Crippen LogP contribution in [0.5, 0.6) is 0 Å². The van der Waals surface area contributed by atoms with Gasteiger partial charge in [0.2, 0.25) is 9.70 Å². The lowest BCUT2D eigenvalue weighted by molar-refractivity contribution is -0.136. The zero-order chi connectivity index (χ0) is 32.7. The summed E-state index contributed by atoms with van der Waals surface area (Å²) in [5.41, 5.74) is 2.38. The Morgan fingerprint density at radius 1 is 1.02 bits per heavy atom. The van der Waals surface area contributed by atoms with E-state index in [1.54, 1.807) is 15.9 Å². The van der Waals surface area contributed by atoms with E-state index in [9.17, 15) is 19.5 Å². The second-order valence-corrected chi connectivity index (χ2v) is 15.1. The number of carbonyl (C=O) groups excluding carboxylic acids is 3. The number of nitrogens with zero attached hydrogens (tertiary/aromatic N) is 3. The van der Waals surface area contributed by atoms with Crippen molar-refractivity contribution in [3.05, 3.63) is 75.8 Å². The number of hydrogen-bond acceptors (Lipinski definition) is 5. The Morgan fingerprint density at radius 2 is 1.69 bits per heavy atom. The highest BCUT2D eigenvalue weighted by Gasteiger charge is 2.52. The number of hydrogen-bond donors (Lipinski definition) is 1. The molecule has 242 valence electrons. The lowest BCUT2D eigenvalue weighted by Gasteiger charge is -2.51. The van der Waals surface area contributed by atoms with Gasteiger partial charge in [-0.05, 0) is 67.9 Å². The molecule has 3 aliphatic rings. The molecule has 1 aliphatic carbocycles. The van der Waals surface area contributed by atoms with Gasteiger partial charge in [-0.3, -0.25) is 14.5 Å². The fourth-order valence-electron chi connectivity index (χ4n) is 6.03. The van der Waals surface area contributed by atoms with Gasteiger partial charge in [0.15, 0.2) is 5.60 Å². The number of ether oxygens (including phenoxy) is 1. The highest BCUT2D eigenvalue weighted by Crippen LogP contribution is 2.44. The van der Waals surface area contributed by atoms with Crippen LogP contribution in [0.3, 0.4) is 0 Å². The van der Waals surface area contributed by atoms with E-state index in [1.165, 1.54) is 20.8 Å². The summed E-state index contributed by atoms with van der Waals surface area (Å²) in [7, 11) is 0. The molecule has 1 N–H and O–H groups in total. The van der Waals surface area contributed by atoms with Crippen LogP contribution < -0.4 is 0 Å². The third-order valence-electron chi connectivity index (χ3n) is 8.81. The smallest absolute Gasteiger partial charge is 0.411 e. The second kappa shape index (κ2) is 13.3. The Bertz CT molecular complexity index is 1490. The molecule has 8 nitrogen and oxygen atoms in total. The van der Waals surface area contributed by atoms with Crippen LogP contribution in [-0.4, -0.2) is 84.9 Å². The van der Waals surface area contributed by atoms with Gasteiger partial charge in [0.25, 0.3) is 5.91 Å². The van der Waals surface area contributed by atoms with E-state index in [-0.39, 0.29) is 37.6 Å². The van der Waals surface area contributed by atoms with E-state index in [1.807, 2.05) is 47.4 Å². The van der Waals surface area contributed by atoms with Crippen LogP contribution in [0.2, 0.25) is 5.02 Å². The first-order chi connectivity index (χ1) is 21.2. The minimum absolute atomic E-state index is 0.0170. The largest absolute Gasteiger partial charge is 0.439 e. The first-order valence-corrected chi connectivity index (χ1v) is 16.5. The van der Waals surface area contributed by atoms with Crippen molar-refractivity contribution in [1.29, 1.82) is 0 Å². The molecule has 2 heterocycles. The van der Waals surface area contributed by atoms with Gasteiger partial charge in [-0.1, -0.05) is 88.9 Å². The molecule has 2 aliphatic heterocycles. The zero-order valence-corrected chi connectivity index (χ0v) is 28.5. The summed E-state index contributed by atoms with van der Waals surface area (Å²) < 4.78 is 3.91.